The highest BCUT2D eigenvalue weighted by Gasteiger charge is 2.38. The van der Waals surface area contributed by atoms with E-state index in [4.69, 9.17) is 0 Å². The first-order valence-corrected chi connectivity index (χ1v) is 10.6. The van der Waals surface area contributed by atoms with Crippen LogP contribution in [0.1, 0.15) is 40.3 Å². The second kappa shape index (κ2) is 7.40. The highest BCUT2D eigenvalue weighted by Crippen LogP contribution is 2.38. The summed E-state index contributed by atoms with van der Waals surface area (Å²) in [4.78, 5) is 15.1. The summed E-state index contributed by atoms with van der Waals surface area (Å²) in [7, 11) is 4.72. The molecule has 0 fully saturated rings. The molecule has 0 radical (unpaired) electrons. The van der Waals surface area contributed by atoms with Crippen molar-refractivity contribution in [3.05, 3.63) is 52.7 Å². The molecule has 5 rings (SSSR count). The first-order valence-electron chi connectivity index (χ1n) is 10.6. The molecule has 1 aliphatic rings. The Kier molecular flexibility index (Phi) is 4.81. The predicted octanol–water partition coefficient (Wildman–Crippen LogP) is 3.62. The second-order valence-electron chi connectivity index (χ2n) is 8.42. The van der Waals surface area contributed by atoms with Crippen molar-refractivity contribution in [1.29, 1.82) is 0 Å². The molecule has 0 bridgehead atoms. The van der Waals surface area contributed by atoms with Crippen molar-refractivity contribution in [2.75, 3.05) is 6.54 Å². The Labute approximate surface area is 191 Å². The highest BCUT2D eigenvalue weighted by molar-refractivity contribution is 6.06. The number of nitrogens with zero attached hydrogens (tertiary/aromatic N) is 7. The van der Waals surface area contributed by atoms with E-state index >= 15 is 0 Å². The van der Waals surface area contributed by atoms with Crippen molar-refractivity contribution < 1.29 is 22.4 Å². The summed E-state index contributed by atoms with van der Waals surface area (Å²) in [6.45, 7) is 2.15. The molecule has 1 amide bonds. The number of aryl methyl sites for hydroxylation is 3. The van der Waals surface area contributed by atoms with Gasteiger partial charge in [-0.05, 0) is 31.5 Å². The molecule has 4 aromatic rings. The summed E-state index contributed by atoms with van der Waals surface area (Å²) < 4.78 is 58.0. The van der Waals surface area contributed by atoms with E-state index in [1.54, 1.807) is 19.0 Å². The smallest absolute Gasteiger partial charge is 0.330 e. The molecule has 1 aromatic carbocycles. The van der Waals surface area contributed by atoms with Crippen molar-refractivity contribution in [2.45, 2.75) is 25.6 Å². The van der Waals surface area contributed by atoms with Crippen LogP contribution in [0.4, 0.5) is 17.6 Å². The van der Waals surface area contributed by atoms with Gasteiger partial charge in [0, 0.05) is 38.6 Å². The zero-order valence-electron chi connectivity index (χ0n) is 18.9. The number of carbonyl (C=O) groups is 1. The average molecular weight is 475 g/mol. The number of rotatable bonds is 2. The van der Waals surface area contributed by atoms with Gasteiger partial charge >= 0.3 is 6.18 Å². The molecule has 0 saturated heterocycles. The van der Waals surface area contributed by atoms with E-state index in [1.807, 2.05) is 6.92 Å². The van der Waals surface area contributed by atoms with Crippen LogP contribution < -0.4 is 0 Å². The average Bonchev–Trinajstić information content (AvgIpc) is 3.43. The predicted molar refractivity (Wildman–Crippen MR) is 114 cm³/mol. The van der Waals surface area contributed by atoms with Gasteiger partial charge in [-0.3, -0.25) is 18.8 Å². The van der Waals surface area contributed by atoms with Gasteiger partial charge in [0.1, 0.15) is 11.3 Å². The number of amides is 1. The van der Waals surface area contributed by atoms with Crippen molar-refractivity contribution in [3.8, 4) is 11.4 Å². The van der Waals surface area contributed by atoms with Gasteiger partial charge in [0.2, 0.25) is 0 Å². The third kappa shape index (κ3) is 3.19. The number of hydrogen-bond donors (Lipinski definition) is 0. The number of aromatic nitrogens is 6. The molecular weight excluding hydrogens is 454 g/mol. The van der Waals surface area contributed by atoms with Crippen LogP contribution in [0.15, 0.2) is 24.4 Å². The van der Waals surface area contributed by atoms with Gasteiger partial charge in [0.15, 0.2) is 5.69 Å². The molecule has 0 saturated carbocycles. The molecule has 178 valence electrons. The molecule has 8 nitrogen and oxygen atoms in total. The molecular formula is C22H21F4N7O. The number of benzene rings is 1. The minimum absolute atomic E-state index is 0.244. The van der Waals surface area contributed by atoms with E-state index in [2.05, 4.69) is 15.3 Å². The van der Waals surface area contributed by atoms with Crippen molar-refractivity contribution in [1.82, 2.24) is 34.2 Å². The van der Waals surface area contributed by atoms with Crippen LogP contribution in [0, 0.1) is 5.82 Å². The number of carbonyl (C=O) groups excluding carboxylic acids is 1. The molecule has 1 aliphatic heterocycles. The Morgan fingerprint density at radius 2 is 1.82 bits per heavy atom. The lowest BCUT2D eigenvalue weighted by Crippen LogP contribution is -2.39. The molecule has 0 N–H and O–H groups in total. The van der Waals surface area contributed by atoms with Crippen LogP contribution >= 0.6 is 0 Å². The first kappa shape index (κ1) is 22.1. The van der Waals surface area contributed by atoms with E-state index < -0.39 is 23.7 Å². The van der Waals surface area contributed by atoms with E-state index in [-0.39, 0.29) is 11.4 Å². The summed E-state index contributed by atoms with van der Waals surface area (Å²) in [6.07, 6.45) is -2.69. The SMILES string of the molecule is C[C@H]1c2nn(C)c(-c3cc(C(F)(F)F)nn3C)c2CCN1C(=O)c1ccc(F)c2c1cnn2C. The van der Waals surface area contributed by atoms with Gasteiger partial charge in [-0.1, -0.05) is 0 Å². The van der Waals surface area contributed by atoms with Gasteiger partial charge in [-0.15, -0.1) is 0 Å². The Bertz CT molecular complexity index is 1450. The monoisotopic (exact) mass is 475 g/mol. The van der Waals surface area contributed by atoms with E-state index in [1.165, 1.54) is 39.4 Å². The molecule has 34 heavy (non-hydrogen) atoms. The number of alkyl halides is 3. The minimum Gasteiger partial charge on any atom is -0.330 e. The van der Waals surface area contributed by atoms with E-state index in [0.717, 1.165) is 11.6 Å². The van der Waals surface area contributed by atoms with Crippen molar-refractivity contribution >= 4 is 16.8 Å². The fourth-order valence-electron chi connectivity index (χ4n) is 4.75. The Balaban J connectivity index is 1.53. The van der Waals surface area contributed by atoms with Gasteiger partial charge in [-0.25, -0.2) is 4.39 Å². The topological polar surface area (TPSA) is 73.8 Å². The summed E-state index contributed by atoms with van der Waals surface area (Å²) in [5, 5.41) is 12.7. The zero-order chi connectivity index (χ0) is 24.5. The summed E-state index contributed by atoms with van der Waals surface area (Å²) >= 11 is 0. The molecule has 0 spiro atoms. The summed E-state index contributed by atoms with van der Waals surface area (Å²) in [5.41, 5.74) is 1.82. The quantitative estimate of drug-likeness (QED) is 0.415. The lowest BCUT2D eigenvalue weighted by molar-refractivity contribution is -0.141. The maximum atomic E-state index is 14.3. The standard InChI is InChI=1S/C22H21F4N7O/c1-11-18-13(20(32(4)29-18)16-9-17(22(24,25)26)28-30(16)2)7-8-33(11)21(34)12-5-6-15(23)19-14(12)10-27-31(19)3/h5-6,9-11H,7-8H2,1-4H3/t11-/m0/s1. The molecule has 12 heteroatoms. The molecule has 4 heterocycles. The number of hydrogen-bond acceptors (Lipinski definition) is 4. The summed E-state index contributed by atoms with van der Waals surface area (Å²) in [5.74, 6) is -0.757. The van der Waals surface area contributed by atoms with Crippen LogP contribution in [0.25, 0.3) is 22.3 Å². The van der Waals surface area contributed by atoms with E-state index in [0.29, 0.717) is 41.0 Å². The normalized spacial score (nSPS) is 16.4. The largest absolute Gasteiger partial charge is 0.435 e. The fourth-order valence-corrected chi connectivity index (χ4v) is 4.75. The molecule has 0 aliphatic carbocycles. The van der Waals surface area contributed by atoms with Crippen LogP contribution in [0.5, 0.6) is 0 Å². The van der Waals surface area contributed by atoms with Gasteiger partial charge in [0.05, 0.1) is 34.9 Å². The van der Waals surface area contributed by atoms with Crippen molar-refractivity contribution in [2.24, 2.45) is 21.1 Å². The van der Waals surface area contributed by atoms with Crippen LogP contribution in [-0.4, -0.2) is 46.7 Å². The number of halogens is 4. The lowest BCUT2D eigenvalue weighted by atomic mass is 9.96. The zero-order valence-corrected chi connectivity index (χ0v) is 18.9. The van der Waals surface area contributed by atoms with Crippen LogP contribution in [-0.2, 0) is 33.7 Å². The third-order valence-corrected chi connectivity index (χ3v) is 6.40. The minimum atomic E-state index is -4.56. The van der Waals surface area contributed by atoms with E-state index in [9.17, 15) is 22.4 Å². The maximum absolute atomic E-state index is 14.3. The van der Waals surface area contributed by atoms with Crippen LogP contribution in [0.2, 0.25) is 0 Å². The maximum Gasteiger partial charge on any atom is 0.435 e. The second-order valence-corrected chi connectivity index (χ2v) is 8.42. The third-order valence-electron chi connectivity index (χ3n) is 6.40. The van der Waals surface area contributed by atoms with Crippen molar-refractivity contribution in [3.63, 3.8) is 0 Å². The Morgan fingerprint density at radius 1 is 1.09 bits per heavy atom. The van der Waals surface area contributed by atoms with Gasteiger partial charge in [-0.2, -0.15) is 28.5 Å². The first-order chi connectivity index (χ1) is 16.0. The molecule has 3 aromatic heterocycles. The van der Waals surface area contributed by atoms with Gasteiger partial charge < -0.3 is 4.90 Å². The van der Waals surface area contributed by atoms with Crippen LogP contribution in [0.3, 0.4) is 0 Å². The number of fused-ring (bicyclic) bond motifs is 2. The Morgan fingerprint density at radius 3 is 2.50 bits per heavy atom. The Hall–Kier alpha value is -3.70. The highest BCUT2D eigenvalue weighted by atomic mass is 19.4. The lowest BCUT2D eigenvalue weighted by Gasteiger charge is -2.33. The van der Waals surface area contributed by atoms with Gasteiger partial charge in [0.25, 0.3) is 5.91 Å². The molecule has 0 unspecified atom stereocenters. The summed E-state index contributed by atoms with van der Waals surface area (Å²) in [6, 6.07) is 3.26. The fraction of sp³-hybridized carbons (Fsp3) is 0.364. The molecule has 1 atom stereocenters.